The lowest BCUT2D eigenvalue weighted by Crippen LogP contribution is -2.59. The maximum absolute atomic E-state index is 14.6. The Bertz CT molecular complexity index is 1990. The number of anilines is 1. The third-order valence-corrected chi connectivity index (χ3v) is 14.2. The van der Waals surface area contributed by atoms with Crippen molar-refractivity contribution >= 4 is 50.3 Å². The van der Waals surface area contributed by atoms with Crippen LogP contribution in [0, 0.1) is 17.8 Å². The molecule has 1 aromatic carbocycles. The van der Waals surface area contributed by atoms with E-state index in [1.165, 1.54) is 4.90 Å². The Kier molecular flexibility index (Phi) is 9.94. The van der Waals surface area contributed by atoms with Crippen LogP contribution in [0.15, 0.2) is 36.5 Å². The van der Waals surface area contributed by atoms with E-state index in [2.05, 4.69) is 32.2 Å². The Balaban J connectivity index is 1.23. The van der Waals surface area contributed by atoms with Gasteiger partial charge in [-0.3, -0.25) is 19.1 Å². The summed E-state index contributed by atoms with van der Waals surface area (Å²) in [7, 11) is -2.01. The van der Waals surface area contributed by atoms with Crippen LogP contribution in [0.25, 0.3) is 10.8 Å². The van der Waals surface area contributed by atoms with Crippen LogP contribution in [0.4, 0.5) is 10.5 Å². The fraction of sp³-hybridized carbons (Fsp3) is 0.605. The first-order valence-electron chi connectivity index (χ1n) is 18.9. The number of hydrogen-bond acceptors (Lipinski definition) is 10. The smallest absolute Gasteiger partial charge is 0.405 e. The molecule has 3 fully saturated rings. The number of pyridine rings is 1. The zero-order valence-corrected chi connectivity index (χ0v) is 32.0. The van der Waals surface area contributed by atoms with E-state index >= 15 is 0 Å². The highest BCUT2D eigenvalue weighted by Crippen LogP contribution is 2.48. The number of amides is 4. The van der Waals surface area contributed by atoms with Gasteiger partial charge in [0.15, 0.2) is 5.75 Å². The maximum atomic E-state index is 14.6. The topological polar surface area (TPSA) is 197 Å². The molecule has 4 amide bonds. The predicted molar refractivity (Wildman–Crippen MR) is 200 cm³/mol. The molecule has 15 nitrogen and oxygen atoms in total. The van der Waals surface area contributed by atoms with Gasteiger partial charge >= 0.3 is 6.09 Å². The molecule has 16 heteroatoms. The van der Waals surface area contributed by atoms with Gasteiger partial charge in [0.05, 0.1) is 23.5 Å². The van der Waals surface area contributed by atoms with E-state index in [9.17, 15) is 32.7 Å². The Morgan fingerprint density at radius 2 is 1.94 bits per heavy atom. The molecule has 3 aliphatic heterocycles. The van der Waals surface area contributed by atoms with Gasteiger partial charge in [-0.25, -0.2) is 18.2 Å². The molecule has 2 aromatic rings. The minimum atomic E-state index is -4.00. The molecule has 0 unspecified atom stereocenters. The summed E-state index contributed by atoms with van der Waals surface area (Å²) in [6.45, 7) is 6.75. The summed E-state index contributed by atoms with van der Waals surface area (Å²) in [5.41, 5.74) is -0.610. The number of nitrogens with zero attached hydrogens (tertiary/aromatic N) is 3. The van der Waals surface area contributed by atoms with Crippen molar-refractivity contribution in [2.45, 2.75) is 101 Å². The number of hydrogen-bond donors (Lipinski definition) is 4. The van der Waals surface area contributed by atoms with Crippen molar-refractivity contribution in [3.8, 4) is 11.6 Å². The highest BCUT2D eigenvalue weighted by Gasteiger charge is 2.63. The first-order chi connectivity index (χ1) is 25.7. The summed E-state index contributed by atoms with van der Waals surface area (Å²) in [4.78, 5) is 63.0. The molecule has 54 heavy (non-hydrogen) atoms. The second kappa shape index (κ2) is 14.2. The Labute approximate surface area is 315 Å². The molecule has 0 spiro atoms. The number of likely N-dealkylation sites (N-methyl/N-ethyl adjacent to an activating group) is 1. The van der Waals surface area contributed by atoms with E-state index in [1.54, 1.807) is 13.1 Å². The van der Waals surface area contributed by atoms with Crippen LogP contribution < -0.4 is 29.7 Å². The summed E-state index contributed by atoms with van der Waals surface area (Å²) in [5, 5.41) is 16.7. The molecule has 292 valence electrons. The average molecular weight is 767 g/mol. The summed E-state index contributed by atoms with van der Waals surface area (Å²) >= 11 is 0. The number of carbonyl (C=O) groups is 4. The zero-order valence-electron chi connectivity index (χ0n) is 31.2. The highest BCUT2D eigenvalue weighted by molar-refractivity contribution is 7.91. The van der Waals surface area contributed by atoms with Crippen molar-refractivity contribution in [2.24, 2.45) is 17.8 Å². The SMILES string of the molecule is CC[C@@H]1C[C@H](C)CCC=C[C@@H]2C[C@@]2(C(=O)NS(=O)(=O)C2(C)CC2)NC(=O)[C@@H]2C[C@@H](Oc3nccc4c5c(ccc34)N(C)CCO5)CN2C(=O)[C@H]1NC(=O)O. The van der Waals surface area contributed by atoms with E-state index in [4.69, 9.17) is 9.47 Å². The van der Waals surface area contributed by atoms with Crippen molar-refractivity contribution in [1.82, 2.24) is 25.2 Å². The van der Waals surface area contributed by atoms with Gasteiger partial charge in [-0.1, -0.05) is 32.4 Å². The van der Waals surface area contributed by atoms with Crippen LogP contribution in [0.3, 0.4) is 0 Å². The second-order valence-electron chi connectivity index (χ2n) is 16.0. The quantitative estimate of drug-likeness (QED) is 0.302. The van der Waals surface area contributed by atoms with E-state index in [1.807, 2.05) is 44.3 Å². The highest BCUT2D eigenvalue weighted by atomic mass is 32.2. The Morgan fingerprint density at radius 1 is 1.17 bits per heavy atom. The number of aromatic nitrogens is 1. The number of carbonyl (C=O) groups excluding carboxylic acids is 3. The van der Waals surface area contributed by atoms with Crippen LogP contribution in [-0.2, 0) is 24.4 Å². The van der Waals surface area contributed by atoms with Crippen molar-refractivity contribution in [1.29, 1.82) is 0 Å². The van der Waals surface area contributed by atoms with Crippen molar-refractivity contribution in [3.63, 3.8) is 0 Å². The van der Waals surface area contributed by atoms with Gasteiger partial charge in [0.25, 0.3) is 5.91 Å². The minimum Gasteiger partial charge on any atom is -0.489 e. The van der Waals surface area contributed by atoms with Gasteiger partial charge in [-0.2, -0.15) is 0 Å². The standard InChI is InChI=1S/C38H50N6O9S/c1-5-23-18-22(2)8-6-7-9-24-20-38(24,35(47)42-54(50,51)37(3)13-14-37)41-32(45)29-19-25(21-44(29)34(46)30(23)40-36(48)49)53-33-27-10-11-28-31(26(27)12-15-39-33)52-17-16-43(28)4/h7,9-12,15,22-25,29-30,40H,5-6,8,13-14,16-21H2,1-4H3,(H,41,45)(H,42,47)(H,48,49)/t22-,23-,24-,25-,29+,30+,38-/m1/s1. The summed E-state index contributed by atoms with van der Waals surface area (Å²) < 4.78 is 40.1. The second-order valence-corrected chi connectivity index (χ2v) is 18.2. The number of sulfonamides is 1. The Morgan fingerprint density at radius 3 is 2.67 bits per heavy atom. The summed E-state index contributed by atoms with van der Waals surface area (Å²) in [5.74, 6) is -1.73. The van der Waals surface area contributed by atoms with Crippen LogP contribution in [0.5, 0.6) is 11.6 Å². The third-order valence-electron chi connectivity index (χ3n) is 12.1. The lowest BCUT2D eigenvalue weighted by atomic mass is 9.85. The molecule has 1 saturated heterocycles. The molecule has 0 radical (unpaired) electrons. The number of fused-ring (bicyclic) bond motifs is 5. The number of carboxylic acid groups (broad SMARTS) is 1. The van der Waals surface area contributed by atoms with Crippen molar-refractivity contribution in [3.05, 3.63) is 36.5 Å². The molecule has 0 bridgehead atoms. The lowest BCUT2D eigenvalue weighted by Gasteiger charge is -2.33. The van der Waals surface area contributed by atoms with Gasteiger partial charge < -0.3 is 35.0 Å². The first-order valence-corrected chi connectivity index (χ1v) is 20.4. The third kappa shape index (κ3) is 7.04. The van der Waals surface area contributed by atoms with E-state index in [0.717, 1.165) is 24.0 Å². The summed E-state index contributed by atoms with van der Waals surface area (Å²) in [6.07, 6.45) is 6.88. The molecular weight excluding hydrogens is 717 g/mol. The predicted octanol–water partition coefficient (Wildman–Crippen LogP) is 3.32. The number of rotatable bonds is 7. The van der Waals surface area contributed by atoms with E-state index in [0.29, 0.717) is 49.8 Å². The zero-order chi connectivity index (χ0) is 38.6. The molecular formula is C38H50N6O9S. The van der Waals surface area contributed by atoms with Crippen LogP contribution >= 0.6 is 0 Å². The molecule has 2 saturated carbocycles. The molecule has 4 N–H and O–H groups in total. The molecule has 4 heterocycles. The van der Waals surface area contributed by atoms with Gasteiger partial charge in [0.1, 0.15) is 30.3 Å². The van der Waals surface area contributed by atoms with Gasteiger partial charge in [-0.15, -0.1) is 0 Å². The lowest BCUT2D eigenvalue weighted by molar-refractivity contribution is -0.142. The number of allylic oxidation sites excluding steroid dienone is 1. The first kappa shape index (κ1) is 37.7. The minimum absolute atomic E-state index is 0.0153. The van der Waals surface area contributed by atoms with Gasteiger partial charge in [0, 0.05) is 36.4 Å². The molecule has 5 aliphatic rings. The normalized spacial score (nSPS) is 30.7. The van der Waals surface area contributed by atoms with Gasteiger partial charge in [0.2, 0.25) is 27.7 Å². The number of ether oxygens (including phenoxy) is 2. The van der Waals surface area contributed by atoms with E-state index < -0.39 is 68.2 Å². The molecule has 7 rings (SSSR count). The maximum Gasteiger partial charge on any atom is 0.405 e. The van der Waals surface area contributed by atoms with E-state index in [-0.39, 0.29) is 37.1 Å². The number of nitrogens with one attached hydrogen (secondary N) is 3. The summed E-state index contributed by atoms with van der Waals surface area (Å²) in [6, 6.07) is 3.37. The fourth-order valence-electron chi connectivity index (χ4n) is 8.25. The van der Waals surface area contributed by atoms with Crippen molar-refractivity contribution in [2.75, 3.05) is 31.6 Å². The monoisotopic (exact) mass is 766 g/mol. The van der Waals surface area contributed by atoms with Crippen LogP contribution in [0.2, 0.25) is 0 Å². The van der Waals surface area contributed by atoms with Crippen LogP contribution in [-0.4, -0.2) is 102 Å². The average Bonchev–Trinajstić information content (AvgIpc) is 4.01. The molecule has 1 aromatic heterocycles. The van der Waals surface area contributed by atoms with Crippen molar-refractivity contribution < 1.29 is 42.2 Å². The number of benzene rings is 1. The molecule has 7 atom stereocenters. The Hall–Kier alpha value is -4.60. The molecule has 2 aliphatic carbocycles. The van der Waals surface area contributed by atoms with Gasteiger partial charge in [-0.05, 0) is 75.5 Å². The fourth-order valence-corrected chi connectivity index (χ4v) is 9.56. The van der Waals surface area contributed by atoms with Crippen LogP contribution in [0.1, 0.15) is 72.1 Å². The largest absolute Gasteiger partial charge is 0.489 e.